The van der Waals surface area contributed by atoms with Crippen LogP contribution < -0.4 is 11.1 Å². The van der Waals surface area contributed by atoms with Crippen LogP contribution >= 0.6 is 34.8 Å². The van der Waals surface area contributed by atoms with Gasteiger partial charge in [0, 0.05) is 27.4 Å². The zero-order valence-corrected chi connectivity index (χ0v) is 14.0. The minimum absolute atomic E-state index is 0.134. The highest BCUT2D eigenvalue weighted by Gasteiger charge is 2.10. The number of anilines is 3. The maximum absolute atomic E-state index is 6.22. The molecule has 4 nitrogen and oxygen atoms in total. The fraction of sp³-hybridized carbons (Fsp3) is 0. The third-order valence-corrected chi connectivity index (χ3v) is 3.88. The van der Waals surface area contributed by atoms with E-state index >= 15 is 0 Å². The molecule has 0 amide bonds. The Labute approximate surface area is 148 Å². The summed E-state index contributed by atoms with van der Waals surface area (Å²) in [6.45, 7) is 0. The summed E-state index contributed by atoms with van der Waals surface area (Å²) in [6, 6.07) is 14.2. The molecule has 0 aliphatic heterocycles. The van der Waals surface area contributed by atoms with Crippen LogP contribution in [0.4, 0.5) is 17.5 Å². The standard InChI is InChI=1S/C16H11Cl3N4/c17-9-1-4-11(5-2-9)21-15-8-14(22-16(20)23-15)12-7-10(18)3-6-13(12)19/h1-8H,(H3,20,21,22,23). The molecule has 0 atom stereocenters. The summed E-state index contributed by atoms with van der Waals surface area (Å²) in [6.07, 6.45) is 0. The number of hydrogen-bond donors (Lipinski definition) is 2. The van der Waals surface area contributed by atoms with Crippen LogP contribution in [0.25, 0.3) is 11.3 Å². The van der Waals surface area contributed by atoms with Gasteiger partial charge in [0.1, 0.15) is 5.82 Å². The largest absolute Gasteiger partial charge is 0.368 e. The number of aromatic nitrogens is 2. The Morgan fingerprint density at radius 2 is 1.52 bits per heavy atom. The van der Waals surface area contributed by atoms with Crippen LogP contribution in [0.5, 0.6) is 0 Å². The molecule has 0 aliphatic carbocycles. The second kappa shape index (κ2) is 6.62. The molecule has 0 unspecified atom stereocenters. The Hall–Kier alpha value is -2.01. The molecule has 0 saturated heterocycles. The van der Waals surface area contributed by atoms with Crippen molar-refractivity contribution in [3.63, 3.8) is 0 Å². The molecule has 0 radical (unpaired) electrons. The number of benzene rings is 2. The van der Waals surface area contributed by atoms with Crippen LogP contribution in [0.1, 0.15) is 0 Å². The monoisotopic (exact) mass is 364 g/mol. The minimum atomic E-state index is 0.134. The number of hydrogen-bond acceptors (Lipinski definition) is 4. The summed E-state index contributed by atoms with van der Waals surface area (Å²) in [5, 5.41) is 4.90. The first kappa shape index (κ1) is 15.9. The molecule has 3 rings (SSSR count). The second-order valence-corrected chi connectivity index (χ2v) is 6.03. The molecule has 0 fully saturated rings. The van der Waals surface area contributed by atoms with Gasteiger partial charge in [0.25, 0.3) is 0 Å². The molecular formula is C16H11Cl3N4. The van der Waals surface area contributed by atoms with E-state index in [9.17, 15) is 0 Å². The van der Waals surface area contributed by atoms with Crippen LogP contribution in [0.15, 0.2) is 48.5 Å². The Balaban J connectivity index is 1.99. The van der Waals surface area contributed by atoms with Crippen molar-refractivity contribution in [2.45, 2.75) is 0 Å². The lowest BCUT2D eigenvalue weighted by Gasteiger charge is -2.10. The highest BCUT2D eigenvalue weighted by Crippen LogP contribution is 2.31. The fourth-order valence-electron chi connectivity index (χ4n) is 2.04. The Bertz CT molecular complexity index is 850. The molecule has 0 spiro atoms. The average Bonchev–Trinajstić information content (AvgIpc) is 2.51. The number of nitrogens with two attached hydrogens (primary N) is 1. The first-order valence-corrected chi connectivity index (χ1v) is 7.77. The number of rotatable bonds is 3. The van der Waals surface area contributed by atoms with E-state index in [4.69, 9.17) is 40.5 Å². The Morgan fingerprint density at radius 3 is 2.26 bits per heavy atom. The number of nitrogens with one attached hydrogen (secondary N) is 1. The molecule has 116 valence electrons. The summed E-state index contributed by atoms with van der Waals surface area (Å²) in [5.41, 5.74) is 7.90. The quantitative estimate of drug-likeness (QED) is 0.649. The smallest absolute Gasteiger partial charge is 0.222 e. The van der Waals surface area contributed by atoms with Gasteiger partial charge < -0.3 is 11.1 Å². The van der Waals surface area contributed by atoms with Crippen LogP contribution in [-0.4, -0.2) is 9.97 Å². The summed E-state index contributed by atoms with van der Waals surface area (Å²) in [7, 11) is 0. The van der Waals surface area contributed by atoms with Crippen molar-refractivity contribution in [2.24, 2.45) is 0 Å². The maximum Gasteiger partial charge on any atom is 0.222 e. The van der Waals surface area contributed by atoms with Gasteiger partial charge in [0.2, 0.25) is 5.95 Å². The van der Waals surface area contributed by atoms with Crippen LogP contribution in [-0.2, 0) is 0 Å². The molecule has 0 saturated carbocycles. The van der Waals surface area contributed by atoms with E-state index in [1.54, 1.807) is 36.4 Å². The molecule has 1 heterocycles. The molecule has 0 aliphatic rings. The van der Waals surface area contributed by atoms with Gasteiger partial charge in [-0.15, -0.1) is 0 Å². The van der Waals surface area contributed by atoms with Crippen molar-refractivity contribution in [3.05, 3.63) is 63.6 Å². The highest BCUT2D eigenvalue weighted by molar-refractivity contribution is 6.35. The predicted molar refractivity (Wildman–Crippen MR) is 96.6 cm³/mol. The lowest BCUT2D eigenvalue weighted by Crippen LogP contribution is -2.01. The normalized spacial score (nSPS) is 10.6. The van der Waals surface area contributed by atoms with Gasteiger partial charge in [-0.25, -0.2) is 4.98 Å². The lowest BCUT2D eigenvalue weighted by molar-refractivity contribution is 1.19. The first-order chi connectivity index (χ1) is 11.0. The van der Waals surface area contributed by atoms with E-state index in [0.29, 0.717) is 32.1 Å². The van der Waals surface area contributed by atoms with Crippen LogP contribution in [0.2, 0.25) is 15.1 Å². The summed E-state index contributed by atoms with van der Waals surface area (Å²) < 4.78 is 0. The van der Waals surface area contributed by atoms with Crippen molar-refractivity contribution in [1.82, 2.24) is 9.97 Å². The predicted octanol–water partition coefficient (Wildman–Crippen LogP) is 5.43. The third kappa shape index (κ3) is 3.85. The van der Waals surface area contributed by atoms with E-state index in [2.05, 4.69) is 15.3 Å². The number of nitrogen functional groups attached to an aromatic ring is 1. The molecule has 2 aromatic carbocycles. The van der Waals surface area contributed by atoms with Crippen molar-refractivity contribution >= 4 is 52.3 Å². The second-order valence-electron chi connectivity index (χ2n) is 4.75. The molecule has 7 heteroatoms. The van der Waals surface area contributed by atoms with Gasteiger partial charge in [-0.3, -0.25) is 0 Å². The van der Waals surface area contributed by atoms with Crippen molar-refractivity contribution in [3.8, 4) is 11.3 Å². The summed E-state index contributed by atoms with van der Waals surface area (Å²) in [5.74, 6) is 0.681. The molecule has 3 aromatic rings. The lowest BCUT2D eigenvalue weighted by atomic mass is 10.1. The first-order valence-electron chi connectivity index (χ1n) is 6.64. The highest BCUT2D eigenvalue weighted by atomic mass is 35.5. The van der Waals surface area contributed by atoms with Gasteiger partial charge in [0.15, 0.2) is 0 Å². The molecule has 23 heavy (non-hydrogen) atoms. The van der Waals surface area contributed by atoms with Gasteiger partial charge >= 0.3 is 0 Å². The van der Waals surface area contributed by atoms with Crippen LogP contribution in [0, 0.1) is 0 Å². The molecule has 3 N–H and O–H groups in total. The minimum Gasteiger partial charge on any atom is -0.368 e. The topological polar surface area (TPSA) is 63.8 Å². The van der Waals surface area contributed by atoms with E-state index in [0.717, 1.165) is 5.69 Å². The number of halogens is 3. The molecule has 0 bridgehead atoms. The number of nitrogens with zero attached hydrogens (tertiary/aromatic N) is 2. The van der Waals surface area contributed by atoms with Crippen molar-refractivity contribution in [2.75, 3.05) is 11.1 Å². The van der Waals surface area contributed by atoms with Gasteiger partial charge in [-0.2, -0.15) is 4.98 Å². The van der Waals surface area contributed by atoms with Crippen molar-refractivity contribution < 1.29 is 0 Å². The average molecular weight is 366 g/mol. The Kier molecular flexibility index (Phi) is 4.57. The van der Waals surface area contributed by atoms with Gasteiger partial charge in [-0.05, 0) is 42.5 Å². The van der Waals surface area contributed by atoms with E-state index < -0.39 is 0 Å². The SMILES string of the molecule is Nc1nc(Nc2ccc(Cl)cc2)cc(-c2cc(Cl)ccc2Cl)n1. The summed E-state index contributed by atoms with van der Waals surface area (Å²) >= 11 is 18.1. The fourth-order valence-corrected chi connectivity index (χ4v) is 2.56. The van der Waals surface area contributed by atoms with Gasteiger partial charge in [0.05, 0.1) is 10.7 Å². The third-order valence-electron chi connectivity index (χ3n) is 3.06. The zero-order valence-electron chi connectivity index (χ0n) is 11.7. The van der Waals surface area contributed by atoms with E-state index in [-0.39, 0.29) is 5.95 Å². The maximum atomic E-state index is 6.22. The Morgan fingerprint density at radius 1 is 0.826 bits per heavy atom. The van der Waals surface area contributed by atoms with Crippen molar-refractivity contribution in [1.29, 1.82) is 0 Å². The van der Waals surface area contributed by atoms with E-state index in [1.165, 1.54) is 0 Å². The van der Waals surface area contributed by atoms with E-state index in [1.807, 2.05) is 12.1 Å². The van der Waals surface area contributed by atoms with Gasteiger partial charge in [-0.1, -0.05) is 34.8 Å². The molecule has 1 aromatic heterocycles. The zero-order chi connectivity index (χ0) is 16.4. The van der Waals surface area contributed by atoms with Crippen LogP contribution in [0.3, 0.4) is 0 Å². The summed E-state index contributed by atoms with van der Waals surface area (Å²) in [4.78, 5) is 8.40. The molecular weight excluding hydrogens is 355 g/mol.